The molecular weight excluding hydrogens is 367 g/mol. The van der Waals surface area contributed by atoms with E-state index in [9.17, 15) is 9.18 Å². The van der Waals surface area contributed by atoms with Gasteiger partial charge in [-0.3, -0.25) is 4.79 Å². The lowest BCUT2D eigenvalue weighted by molar-refractivity contribution is -0.116. The number of anilines is 2. The Labute approximate surface area is 168 Å². The lowest BCUT2D eigenvalue weighted by Crippen LogP contribution is -2.33. The maximum atomic E-state index is 14.6. The summed E-state index contributed by atoms with van der Waals surface area (Å²) in [5.74, 6) is 0.540. The summed E-state index contributed by atoms with van der Waals surface area (Å²) in [6.45, 7) is 0.320. The number of nitrogens with one attached hydrogen (secondary N) is 1. The number of nitrogens with zero attached hydrogens (tertiary/aromatic N) is 1. The standard InChI is InChI=1S/C24H21FN2O2/c25-17-8-2-1-7-16(17)15-27-20-11-4-3-9-18(20)26-19-10-5-12-21(28)23(19)24(27)22-13-6-14-29-22/h1-4,6-9,11,13-14,24,26H,5,10,12,15H2/t24-/m1/s1. The first-order chi connectivity index (χ1) is 14.2. The van der Waals surface area contributed by atoms with Crippen LogP contribution >= 0.6 is 0 Å². The highest BCUT2D eigenvalue weighted by atomic mass is 19.1. The van der Waals surface area contributed by atoms with Gasteiger partial charge >= 0.3 is 0 Å². The number of benzene rings is 2. The molecule has 0 amide bonds. The molecule has 0 fully saturated rings. The molecule has 0 radical (unpaired) electrons. The minimum Gasteiger partial charge on any atom is -0.467 e. The lowest BCUT2D eigenvalue weighted by atomic mass is 9.88. The molecule has 2 aromatic carbocycles. The number of carbonyl (C=O) groups excluding carboxylic acids is 1. The maximum Gasteiger partial charge on any atom is 0.163 e. The Bertz CT molecular complexity index is 1090. The van der Waals surface area contributed by atoms with Gasteiger partial charge in [0.05, 0.1) is 17.6 Å². The van der Waals surface area contributed by atoms with E-state index in [1.807, 2.05) is 42.5 Å². The molecule has 146 valence electrons. The molecule has 1 aliphatic heterocycles. The maximum absolute atomic E-state index is 14.6. The quantitative estimate of drug-likeness (QED) is 0.634. The summed E-state index contributed by atoms with van der Waals surface area (Å²) < 4.78 is 20.3. The van der Waals surface area contributed by atoms with Gasteiger partial charge in [-0.25, -0.2) is 4.39 Å². The summed E-state index contributed by atoms with van der Waals surface area (Å²) in [7, 11) is 0. The van der Waals surface area contributed by atoms with Crippen LogP contribution in [-0.4, -0.2) is 5.78 Å². The van der Waals surface area contributed by atoms with Crippen molar-refractivity contribution in [2.24, 2.45) is 0 Å². The van der Waals surface area contributed by atoms with Crippen LogP contribution in [0.25, 0.3) is 0 Å². The third-order valence-corrected chi connectivity index (χ3v) is 5.65. The molecule has 3 aromatic rings. The molecule has 5 heteroatoms. The summed E-state index contributed by atoms with van der Waals surface area (Å²) >= 11 is 0. The molecule has 2 aliphatic rings. The monoisotopic (exact) mass is 388 g/mol. The zero-order chi connectivity index (χ0) is 19.8. The molecule has 0 bridgehead atoms. The molecule has 0 saturated heterocycles. The Morgan fingerprint density at radius 3 is 2.69 bits per heavy atom. The van der Waals surface area contributed by atoms with Crippen LogP contribution in [-0.2, 0) is 11.3 Å². The number of hydrogen-bond donors (Lipinski definition) is 1. The van der Waals surface area contributed by atoms with Gasteiger partial charge in [0.2, 0.25) is 0 Å². The number of Topliss-reactive ketones (excluding diaryl/α,β-unsaturated/α-hetero) is 1. The van der Waals surface area contributed by atoms with Crippen LogP contribution in [0.5, 0.6) is 0 Å². The predicted molar refractivity (Wildman–Crippen MR) is 110 cm³/mol. The van der Waals surface area contributed by atoms with E-state index in [1.54, 1.807) is 18.4 Å². The summed E-state index contributed by atoms with van der Waals surface area (Å²) in [4.78, 5) is 15.1. The Balaban J connectivity index is 1.73. The van der Waals surface area contributed by atoms with Crippen molar-refractivity contribution >= 4 is 17.2 Å². The van der Waals surface area contributed by atoms with Gasteiger partial charge in [-0.2, -0.15) is 0 Å². The van der Waals surface area contributed by atoms with Gasteiger partial charge in [-0.15, -0.1) is 0 Å². The molecule has 0 unspecified atom stereocenters. The van der Waals surface area contributed by atoms with Gasteiger partial charge in [-0.05, 0) is 43.2 Å². The predicted octanol–water partition coefficient (Wildman–Crippen LogP) is 5.60. The number of carbonyl (C=O) groups is 1. The van der Waals surface area contributed by atoms with E-state index >= 15 is 0 Å². The fraction of sp³-hybridized carbons (Fsp3) is 0.208. The highest BCUT2D eigenvalue weighted by Crippen LogP contribution is 2.45. The van der Waals surface area contributed by atoms with E-state index in [1.165, 1.54) is 6.07 Å². The molecule has 4 nitrogen and oxygen atoms in total. The number of para-hydroxylation sites is 2. The van der Waals surface area contributed by atoms with Crippen LogP contribution in [0.3, 0.4) is 0 Å². The number of ketones is 1. The number of fused-ring (bicyclic) bond motifs is 1. The van der Waals surface area contributed by atoms with Crippen molar-refractivity contribution < 1.29 is 13.6 Å². The van der Waals surface area contributed by atoms with Crippen LogP contribution < -0.4 is 10.2 Å². The number of halogens is 1. The second-order valence-corrected chi connectivity index (χ2v) is 7.45. The summed E-state index contributed by atoms with van der Waals surface area (Å²) in [5.41, 5.74) is 4.07. The Morgan fingerprint density at radius 2 is 1.86 bits per heavy atom. The highest BCUT2D eigenvalue weighted by molar-refractivity contribution is 6.00. The van der Waals surface area contributed by atoms with Crippen LogP contribution in [0.4, 0.5) is 15.8 Å². The zero-order valence-electron chi connectivity index (χ0n) is 15.9. The summed E-state index contributed by atoms with van der Waals surface area (Å²) in [6.07, 6.45) is 3.77. The third-order valence-electron chi connectivity index (χ3n) is 5.65. The minimum absolute atomic E-state index is 0.117. The highest BCUT2D eigenvalue weighted by Gasteiger charge is 2.38. The molecule has 0 saturated carbocycles. The number of hydrogen-bond acceptors (Lipinski definition) is 4. The van der Waals surface area contributed by atoms with E-state index < -0.39 is 6.04 Å². The van der Waals surface area contributed by atoms with Crippen molar-refractivity contribution in [3.05, 3.63) is 95.3 Å². The summed E-state index contributed by atoms with van der Waals surface area (Å²) in [5, 5.41) is 3.50. The fourth-order valence-corrected chi connectivity index (χ4v) is 4.33. The van der Waals surface area contributed by atoms with E-state index in [2.05, 4.69) is 10.2 Å². The van der Waals surface area contributed by atoms with Gasteiger partial charge in [0.15, 0.2) is 5.78 Å². The van der Waals surface area contributed by atoms with Crippen molar-refractivity contribution in [2.45, 2.75) is 31.8 Å². The first-order valence-corrected chi connectivity index (χ1v) is 9.88. The molecule has 1 aromatic heterocycles. The fourth-order valence-electron chi connectivity index (χ4n) is 4.33. The Morgan fingerprint density at radius 1 is 1.03 bits per heavy atom. The topological polar surface area (TPSA) is 45.5 Å². The average Bonchev–Trinajstić information content (AvgIpc) is 3.21. The van der Waals surface area contributed by atoms with Crippen LogP contribution in [0.15, 0.2) is 82.6 Å². The smallest absolute Gasteiger partial charge is 0.163 e. The lowest BCUT2D eigenvalue weighted by Gasteiger charge is -2.34. The molecule has 1 atom stereocenters. The van der Waals surface area contributed by atoms with E-state index in [-0.39, 0.29) is 11.6 Å². The van der Waals surface area contributed by atoms with Crippen molar-refractivity contribution in [2.75, 3.05) is 10.2 Å². The van der Waals surface area contributed by atoms with Crippen molar-refractivity contribution in [3.8, 4) is 0 Å². The molecule has 1 N–H and O–H groups in total. The van der Waals surface area contributed by atoms with Gasteiger partial charge in [-0.1, -0.05) is 30.3 Å². The van der Waals surface area contributed by atoms with Crippen LogP contribution in [0, 0.1) is 5.82 Å². The molecule has 0 spiro atoms. The third kappa shape index (κ3) is 3.12. The summed E-state index contributed by atoms with van der Waals surface area (Å²) in [6, 6.07) is 18.0. The van der Waals surface area contributed by atoms with Crippen molar-refractivity contribution in [1.29, 1.82) is 0 Å². The zero-order valence-corrected chi connectivity index (χ0v) is 15.9. The molecule has 5 rings (SSSR count). The van der Waals surface area contributed by atoms with Crippen LogP contribution in [0.2, 0.25) is 0 Å². The Hall–Kier alpha value is -3.34. The van der Waals surface area contributed by atoms with Crippen molar-refractivity contribution in [1.82, 2.24) is 0 Å². The average molecular weight is 388 g/mol. The number of rotatable bonds is 3. The Kier molecular flexibility index (Phi) is 4.43. The largest absolute Gasteiger partial charge is 0.467 e. The first-order valence-electron chi connectivity index (χ1n) is 9.88. The molecule has 1 aliphatic carbocycles. The molecule has 2 heterocycles. The molecular formula is C24H21FN2O2. The van der Waals surface area contributed by atoms with Gasteiger partial charge < -0.3 is 14.6 Å². The van der Waals surface area contributed by atoms with E-state index in [0.29, 0.717) is 24.3 Å². The van der Waals surface area contributed by atoms with Gasteiger partial charge in [0, 0.05) is 29.8 Å². The molecule has 29 heavy (non-hydrogen) atoms. The van der Waals surface area contributed by atoms with E-state index in [0.717, 1.165) is 35.5 Å². The minimum atomic E-state index is -0.413. The van der Waals surface area contributed by atoms with Gasteiger partial charge in [0.25, 0.3) is 0 Å². The van der Waals surface area contributed by atoms with Gasteiger partial charge in [0.1, 0.15) is 17.6 Å². The SMILES string of the molecule is O=C1CCCC2=C1[C@@H](c1ccco1)N(Cc1ccccc1F)c1ccccc1N2. The normalized spacial score (nSPS) is 18.7. The first kappa shape index (κ1) is 17.7. The van der Waals surface area contributed by atoms with Crippen LogP contribution in [0.1, 0.15) is 36.6 Å². The second kappa shape index (κ2) is 7.24. The van der Waals surface area contributed by atoms with Crippen molar-refractivity contribution in [3.63, 3.8) is 0 Å². The second-order valence-electron chi connectivity index (χ2n) is 7.45. The number of furan rings is 1. The number of allylic oxidation sites excluding steroid dienone is 1. The van der Waals surface area contributed by atoms with E-state index in [4.69, 9.17) is 4.42 Å².